The molecule has 2 aromatic carbocycles. The zero-order chi connectivity index (χ0) is 18.4. The summed E-state index contributed by atoms with van der Waals surface area (Å²) in [6.45, 7) is 2.59. The van der Waals surface area contributed by atoms with Gasteiger partial charge in [0, 0.05) is 5.92 Å². The van der Waals surface area contributed by atoms with Gasteiger partial charge in [-0.2, -0.15) is 0 Å². The Balaban J connectivity index is 1.47. The van der Waals surface area contributed by atoms with Crippen molar-refractivity contribution in [2.45, 2.75) is 38.1 Å². The van der Waals surface area contributed by atoms with Gasteiger partial charge in [-0.05, 0) is 11.1 Å². The summed E-state index contributed by atoms with van der Waals surface area (Å²) in [6.07, 6.45) is -0.477. The Bertz CT molecular complexity index is 690. The van der Waals surface area contributed by atoms with Gasteiger partial charge in [-0.15, -0.1) is 0 Å². The third-order valence-electron chi connectivity index (χ3n) is 4.71. The van der Waals surface area contributed by atoms with Gasteiger partial charge in [-0.25, -0.2) is 0 Å². The molecule has 0 radical (unpaired) electrons. The molecule has 26 heavy (non-hydrogen) atoms. The van der Waals surface area contributed by atoms with Gasteiger partial charge in [0.05, 0.1) is 13.2 Å². The van der Waals surface area contributed by atoms with Crippen LogP contribution in [0.5, 0.6) is 0 Å². The van der Waals surface area contributed by atoms with Gasteiger partial charge in [0.2, 0.25) is 0 Å². The number of hydrogen-bond acceptors (Lipinski definition) is 5. The molecule has 1 heterocycles. The fourth-order valence-electron chi connectivity index (χ4n) is 3.01. The molecule has 3 rings (SSSR count). The Labute approximate surface area is 153 Å². The number of ether oxygens (including phenoxy) is 3. The molecule has 1 aliphatic rings. The molecule has 1 unspecified atom stereocenters. The largest absolute Gasteiger partial charge is 0.371 e. The molecule has 1 fully saturated rings. The first-order valence-electron chi connectivity index (χ1n) is 8.75. The molecule has 1 N–H and O–H groups in total. The number of carbonyl (C=O) groups is 1. The predicted octanol–water partition coefficient (Wildman–Crippen LogP) is 2.71. The van der Waals surface area contributed by atoms with Crippen LogP contribution in [-0.4, -0.2) is 36.0 Å². The second-order valence-corrected chi connectivity index (χ2v) is 6.59. The van der Waals surface area contributed by atoms with Gasteiger partial charge in [0.1, 0.15) is 18.8 Å². The van der Waals surface area contributed by atoms with Crippen molar-refractivity contribution in [3.8, 4) is 0 Å². The molecule has 0 aromatic heterocycles. The van der Waals surface area contributed by atoms with E-state index in [1.165, 1.54) is 0 Å². The average Bonchev–Trinajstić information content (AvgIpc) is 2.69. The van der Waals surface area contributed by atoms with E-state index in [-0.39, 0.29) is 12.5 Å². The molecule has 2 aromatic rings. The molecule has 4 atom stereocenters. The second kappa shape index (κ2) is 8.56. The van der Waals surface area contributed by atoms with Crippen LogP contribution in [0.3, 0.4) is 0 Å². The molecule has 5 heteroatoms. The smallest absolute Gasteiger partial charge is 0.195 e. The highest BCUT2D eigenvalue weighted by Gasteiger charge is 2.55. The Hall–Kier alpha value is -2.05. The van der Waals surface area contributed by atoms with Gasteiger partial charge >= 0.3 is 0 Å². The van der Waals surface area contributed by atoms with Crippen molar-refractivity contribution in [3.05, 3.63) is 71.8 Å². The molecule has 1 saturated heterocycles. The third kappa shape index (κ3) is 4.37. The lowest BCUT2D eigenvalue weighted by atomic mass is 9.85. The fraction of sp³-hybridized carbons (Fsp3) is 0.381. The molecule has 0 saturated carbocycles. The number of hydrogen-bond donors (Lipinski definition) is 1. The van der Waals surface area contributed by atoms with Gasteiger partial charge in [-0.3, -0.25) is 0 Å². The number of rotatable bonds is 9. The summed E-state index contributed by atoms with van der Waals surface area (Å²) in [6, 6.07) is 19.3. The average molecular weight is 356 g/mol. The fourth-order valence-corrected chi connectivity index (χ4v) is 3.01. The van der Waals surface area contributed by atoms with Crippen molar-refractivity contribution < 1.29 is 24.1 Å². The molecular weight excluding hydrogens is 332 g/mol. The summed E-state index contributed by atoms with van der Waals surface area (Å²) < 4.78 is 16.9. The maximum atomic E-state index is 11.4. The van der Waals surface area contributed by atoms with Crippen molar-refractivity contribution in [1.29, 1.82) is 0 Å². The maximum Gasteiger partial charge on any atom is 0.195 e. The van der Waals surface area contributed by atoms with E-state index in [1.807, 2.05) is 67.6 Å². The van der Waals surface area contributed by atoms with Gasteiger partial charge in [-0.1, -0.05) is 67.6 Å². The minimum absolute atomic E-state index is 0.0455. The van der Waals surface area contributed by atoms with E-state index in [1.54, 1.807) is 0 Å². The van der Waals surface area contributed by atoms with Crippen LogP contribution >= 0.6 is 0 Å². The normalized spacial score (nSPS) is 26.1. The van der Waals surface area contributed by atoms with E-state index in [0.717, 1.165) is 17.4 Å². The van der Waals surface area contributed by atoms with Crippen molar-refractivity contribution in [2.75, 3.05) is 6.61 Å². The molecule has 138 valence electrons. The highest BCUT2D eigenvalue weighted by molar-refractivity contribution is 5.57. The SMILES string of the molecule is C[C@@H]1[C@@H](C(C=O)OCc2ccccc2)O[C@@]1(O)COCc1ccccc1. The van der Waals surface area contributed by atoms with Crippen molar-refractivity contribution in [3.63, 3.8) is 0 Å². The number of aliphatic hydroxyl groups is 1. The maximum absolute atomic E-state index is 11.4. The summed E-state index contributed by atoms with van der Waals surface area (Å²) in [5, 5.41) is 10.5. The van der Waals surface area contributed by atoms with E-state index in [2.05, 4.69) is 0 Å². The standard InChI is InChI=1S/C21H24O5/c1-16-20(19(12-22)25-14-18-10-6-3-7-11-18)26-21(16,23)15-24-13-17-8-4-2-5-9-17/h2-12,16,19-20,23H,13-15H2,1H3/t16-,19?,20+,21+/m1/s1. The molecule has 0 amide bonds. The Morgan fingerprint density at radius 2 is 1.65 bits per heavy atom. The lowest BCUT2D eigenvalue weighted by Crippen LogP contribution is -2.65. The van der Waals surface area contributed by atoms with E-state index < -0.39 is 18.0 Å². The van der Waals surface area contributed by atoms with Crippen LogP contribution in [0.2, 0.25) is 0 Å². The minimum Gasteiger partial charge on any atom is -0.371 e. The van der Waals surface area contributed by atoms with E-state index >= 15 is 0 Å². The number of carbonyl (C=O) groups excluding carboxylic acids is 1. The van der Waals surface area contributed by atoms with Crippen molar-refractivity contribution >= 4 is 6.29 Å². The summed E-state index contributed by atoms with van der Waals surface area (Å²) in [4.78, 5) is 11.4. The van der Waals surface area contributed by atoms with E-state index in [0.29, 0.717) is 13.2 Å². The Kier molecular flexibility index (Phi) is 6.16. The summed E-state index contributed by atoms with van der Waals surface area (Å²) in [5.41, 5.74) is 2.00. The highest BCUT2D eigenvalue weighted by atomic mass is 16.7. The van der Waals surface area contributed by atoms with Gasteiger partial charge in [0.25, 0.3) is 0 Å². The van der Waals surface area contributed by atoms with Crippen LogP contribution in [0.1, 0.15) is 18.1 Å². The lowest BCUT2D eigenvalue weighted by Gasteiger charge is -2.51. The van der Waals surface area contributed by atoms with Crippen molar-refractivity contribution in [1.82, 2.24) is 0 Å². The topological polar surface area (TPSA) is 65.0 Å². The van der Waals surface area contributed by atoms with Crippen LogP contribution in [0.4, 0.5) is 0 Å². The molecule has 0 aliphatic carbocycles. The van der Waals surface area contributed by atoms with E-state index in [4.69, 9.17) is 14.2 Å². The molecule has 0 bridgehead atoms. The van der Waals surface area contributed by atoms with Gasteiger partial charge < -0.3 is 24.1 Å². The molecule has 1 aliphatic heterocycles. The minimum atomic E-state index is -1.39. The summed E-state index contributed by atoms with van der Waals surface area (Å²) in [5.74, 6) is -1.67. The Morgan fingerprint density at radius 1 is 1.08 bits per heavy atom. The lowest BCUT2D eigenvalue weighted by molar-refractivity contribution is -0.388. The molecular formula is C21H24O5. The van der Waals surface area contributed by atoms with Crippen LogP contribution in [0, 0.1) is 5.92 Å². The second-order valence-electron chi connectivity index (χ2n) is 6.59. The number of benzene rings is 2. The highest BCUT2D eigenvalue weighted by Crippen LogP contribution is 2.39. The van der Waals surface area contributed by atoms with Crippen LogP contribution in [0.25, 0.3) is 0 Å². The van der Waals surface area contributed by atoms with Gasteiger partial charge in [0.15, 0.2) is 12.1 Å². The van der Waals surface area contributed by atoms with E-state index in [9.17, 15) is 9.90 Å². The number of aldehydes is 1. The first-order valence-corrected chi connectivity index (χ1v) is 8.75. The zero-order valence-electron chi connectivity index (χ0n) is 14.8. The van der Waals surface area contributed by atoms with Crippen molar-refractivity contribution in [2.24, 2.45) is 5.92 Å². The Morgan fingerprint density at radius 3 is 2.19 bits per heavy atom. The molecule has 0 spiro atoms. The molecule has 5 nitrogen and oxygen atoms in total. The first kappa shape index (κ1) is 18.7. The van der Waals surface area contributed by atoms with Crippen LogP contribution in [0.15, 0.2) is 60.7 Å². The summed E-state index contributed by atoms with van der Waals surface area (Å²) >= 11 is 0. The zero-order valence-corrected chi connectivity index (χ0v) is 14.8. The van der Waals surface area contributed by atoms with Crippen LogP contribution in [-0.2, 0) is 32.2 Å². The van der Waals surface area contributed by atoms with Crippen LogP contribution < -0.4 is 0 Å². The first-order chi connectivity index (χ1) is 12.6. The predicted molar refractivity (Wildman–Crippen MR) is 96.2 cm³/mol. The third-order valence-corrected chi connectivity index (χ3v) is 4.71. The monoisotopic (exact) mass is 356 g/mol. The quantitative estimate of drug-likeness (QED) is 0.700. The summed E-state index contributed by atoms with van der Waals surface area (Å²) in [7, 11) is 0.